The summed E-state index contributed by atoms with van der Waals surface area (Å²) in [6.45, 7) is 4.44. The molecule has 0 saturated heterocycles. The summed E-state index contributed by atoms with van der Waals surface area (Å²) < 4.78 is 83.8. The SMILES string of the molecule is CN1Cc2c(Cl)cc(Cl)cc2[C@H](c2ccc(S(=O)(=O)NCCOCCOCCNC(=O)COCC(=O)NCCOCCOCCNS(=O)(=O)c3ccc([C@@H]4CN(C)Cc5c(Cl)cc(Cl)cc54)cc3)cc2)C1.Cl.Cl. The molecule has 73 heavy (non-hydrogen) atoms. The first-order valence-corrected chi connectivity index (χ1v) is 27.4. The largest absolute Gasteiger partial charge is 0.378 e. The zero-order valence-electron chi connectivity index (χ0n) is 40.3. The molecule has 0 spiro atoms. The van der Waals surface area contributed by atoms with Crippen molar-refractivity contribution in [1.82, 2.24) is 29.9 Å². The van der Waals surface area contributed by atoms with E-state index in [0.29, 0.717) is 33.2 Å². The average molecular weight is 1180 g/mol. The molecule has 0 saturated carbocycles. The van der Waals surface area contributed by atoms with E-state index in [0.717, 1.165) is 46.5 Å². The fourth-order valence-corrected chi connectivity index (χ4v) is 11.4. The molecule has 6 rings (SSSR count). The van der Waals surface area contributed by atoms with E-state index in [1.807, 2.05) is 50.5 Å². The number of amides is 2. The molecule has 0 bridgehead atoms. The maximum absolute atomic E-state index is 12.9. The number of likely N-dealkylation sites (N-methyl/N-ethyl adjacent to an activating group) is 2. The smallest absolute Gasteiger partial charge is 0.246 e. The summed E-state index contributed by atoms with van der Waals surface area (Å²) in [6.07, 6.45) is 0. The molecule has 25 heteroatoms. The third kappa shape index (κ3) is 19.3. The molecule has 2 aliphatic rings. The zero-order chi connectivity index (χ0) is 51.0. The monoisotopic (exact) mass is 1170 g/mol. The molecule has 2 heterocycles. The lowest BCUT2D eigenvalue weighted by Gasteiger charge is -2.33. The Kier molecular flexibility index (Phi) is 26.4. The predicted octanol–water partition coefficient (Wildman–Crippen LogP) is 5.87. The van der Waals surface area contributed by atoms with E-state index in [4.69, 9.17) is 70.1 Å². The molecule has 4 N–H and O–H groups in total. The quantitative estimate of drug-likeness (QED) is 0.0493. The second kappa shape index (κ2) is 30.7. The maximum atomic E-state index is 12.9. The molecule has 0 aliphatic carbocycles. The average Bonchev–Trinajstić information content (AvgIpc) is 3.33. The predicted molar refractivity (Wildman–Crippen MR) is 287 cm³/mol. The van der Waals surface area contributed by atoms with Crippen LogP contribution in [0.3, 0.4) is 0 Å². The number of halogens is 6. The fraction of sp³-hybridized carbons (Fsp3) is 0.458. The van der Waals surface area contributed by atoms with Crippen molar-refractivity contribution < 1.29 is 50.1 Å². The van der Waals surface area contributed by atoms with Crippen LogP contribution in [-0.2, 0) is 66.4 Å². The first kappa shape index (κ1) is 62.6. The lowest BCUT2D eigenvalue weighted by Crippen LogP contribution is -2.34. The zero-order valence-corrected chi connectivity index (χ0v) is 46.6. The molecule has 0 unspecified atom stereocenters. The molecule has 0 fully saturated rings. The van der Waals surface area contributed by atoms with Gasteiger partial charge in [0.25, 0.3) is 0 Å². The highest BCUT2D eigenvalue weighted by Crippen LogP contribution is 2.40. The highest BCUT2D eigenvalue weighted by molar-refractivity contribution is 7.89. The van der Waals surface area contributed by atoms with Gasteiger partial charge in [-0.1, -0.05) is 70.7 Å². The van der Waals surface area contributed by atoms with Gasteiger partial charge >= 0.3 is 0 Å². The minimum atomic E-state index is -3.76. The van der Waals surface area contributed by atoms with Gasteiger partial charge in [0.1, 0.15) is 13.2 Å². The van der Waals surface area contributed by atoms with Gasteiger partial charge in [0.05, 0.1) is 62.6 Å². The Morgan fingerprint density at radius 1 is 0.521 bits per heavy atom. The highest BCUT2D eigenvalue weighted by atomic mass is 35.5. The number of carbonyl (C=O) groups excluding carboxylic acids is 2. The summed E-state index contributed by atoms with van der Waals surface area (Å²) in [5.41, 5.74) is 6.04. The van der Waals surface area contributed by atoms with Gasteiger partial charge in [0.2, 0.25) is 31.9 Å². The number of carbonyl (C=O) groups is 2. The normalized spacial score (nSPS) is 15.9. The minimum absolute atomic E-state index is 0. The van der Waals surface area contributed by atoms with E-state index < -0.39 is 31.9 Å². The van der Waals surface area contributed by atoms with E-state index in [1.54, 1.807) is 36.4 Å². The van der Waals surface area contributed by atoms with Gasteiger partial charge in [-0.3, -0.25) is 9.59 Å². The van der Waals surface area contributed by atoms with E-state index in [2.05, 4.69) is 29.9 Å². The van der Waals surface area contributed by atoms with Crippen molar-refractivity contribution in [3.05, 3.63) is 126 Å². The molecule has 2 aliphatic heterocycles. The second-order valence-electron chi connectivity index (χ2n) is 17.0. The van der Waals surface area contributed by atoms with E-state index in [9.17, 15) is 26.4 Å². The third-order valence-corrected chi connectivity index (χ3v) is 15.7. The van der Waals surface area contributed by atoms with Gasteiger partial charge < -0.3 is 44.1 Å². The molecule has 4 aromatic carbocycles. The van der Waals surface area contributed by atoms with Crippen LogP contribution in [0.2, 0.25) is 20.1 Å². The van der Waals surface area contributed by atoms with Crippen molar-refractivity contribution in [3.63, 3.8) is 0 Å². The molecule has 2 amide bonds. The summed E-state index contributed by atoms with van der Waals surface area (Å²) in [7, 11) is -3.49. The Morgan fingerprint density at radius 2 is 0.863 bits per heavy atom. The van der Waals surface area contributed by atoms with Crippen molar-refractivity contribution >= 4 is 103 Å². The maximum Gasteiger partial charge on any atom is 0.246 e. The van der Waals surface area contributed by atoms with Crippen LogP contribution in [0.25, 0.3) is 0 Å². The second-order valence-corrected chi connectivity index (χ2v) is 22.2. The Balaban J connectivity index is 0.00000578. The number of benzene rings is 4. The van der Waals surface area contributed by atoms with Crippen LogP contribution >= 0.6 is 71.2 Å². The van der Waals surface area contributed by atoms with Crippen molar-refractivity contribution in [2.45, 2.75) is 34.7 Å². The van der Waals surface area contributed by atoms with Crippen LogP contribution in [-0.4, -0.2) is 158 Å². The van der Waals surface area contributed by atoms with Crippen LogP contribution in [0.4, 0.5) is 0 Å². The van der Waals surface area contributed by atoms with Gasteiger partial charge in [0.15, 0.2) is 0 Å². The van der Waals surface area contributed by atoms with Crippen LogP contribution < -0.4 is 20.1 Å². The summed E-state index contributed by atoms with van der Waals surface area (Å²) in [5.74, 6) is -0.850. The highest BCUT2D eigenvalue weighted by Gasteiger charge is 2.29. The topological polar surface area (TPSA) is 203 Å². The van der Waals surface area contributed by atoms with Crippen LogP contribution in [0, 0.1) is 0 Å². The van der Waals surface area contributed by atoms with Gasteiger partial charge in [-0.05, 0) is 96.0 Å². The van der Waals surface area contributed by atoms with Crippen LogP contribution in [0.5, 0.6) is 0 Å². The first-order chi connectivity index (χ1) is 34.0. The number of ether oxygens (including phenoxy) is 5. The number of nitrogens with one attached hydrogen (secondary N) is 4. The summed E-state index contributed by atoms with van der Waals surface area (Å²) in [4.78, 5) is 28.7. The van der Waals surface area contributed by atoms with Gasteiger partial charge in [-0.15, -0.1) is 24.8 Å². The molecule has 0 radical (unpaired) electrons. The lowest BCUT2D eigenvalue weighted by atomic mass is 9.85. The fourth-order valence-electron chi connectivity index (χ4n) is 8.19. The molecular formula is C48H62Cl6N6O11S2. The number of fused-ring (bicyclic) bond motifs is 2. The number of sulfonamides is 2. The minimum Gasteiger partial charge on any atom is -0.378 e. The third-order valence-electron chi connectivity index (χ3n) is 11.6. The van der Waals surface area contributed by atoms with E-state index in [1.165, 1.54) is 0 Å². The molecule has 404 valence electrons. The van der Waals surface area contributed by atoms with Crippen molar-refractivity contribution in [2.75, 3.05) is 119 Å². The standard InChI is InChI=1S/C48H60Cl4N6O11S2.2ClH/c1-57-27-41(39-23-35(49)25-45(51)43(39)29-57)33-3-7-37(8-4-33)70(61,62)55-13-17-67-21-19-65-15-11-53-47(59)31-69-32-48(60)54-12-16-66-20-22-68-18-14-56-71(63,64)38-9-5-34(6-10-38)42-28-58(2)30-44-40(42)24-36(50)26-46(44)52;;/h3-10,23-26,41-42,55-56H,11-22,27-32H2,1-2H3,(H,53,59)(H,54,60);2*1H/t41-,42-;;/m0../s1. The summed E-state index contributed by atoms with van der Waals surface area (Å²) in [5, 5.41) is 7.61. The first-order valence-electron chi connectivity index (χ1n) is 22.9. The van der Waals surface area contributed by atoms with Gasteiger partial charge in [-0.2, -0.15) is 0 Å². The van der Waals surface area contributed by atoms with Crippen molar-refractivity contribution in [3.8, 4) is 0 Å². The number of nitrogens with zero attached hydrogens (tertiary/aromatic N) is 2. The van der Waals surface area contributed by atoms with Crippen molar-refractivity contribution in [2.24, 2.45) is 0 Å². The molecule has 2 atom stereocenters. The van der Waals surface area contributed by atoms with Gasteiger partial charge in [0, 0.05) is 84.3 Å². The molecule has 0 aromatic heterocycles. The number of rotatable bonds is 28. The number of hydrogen-bond donors (Lipinski definition) is 4. The van der Waals surface area contributed by atoms with Crippen molar-refractivity contribution in [1.29, 1.82) is 0 Å². The Morgan fingerprint density at radius 3 is 1.22 bits per heavy atom. The Hall–Kier alpha value is -2.90. The van der Waals surface area contributed by atoms with Gasteiger partial charge in [-0.25, -0.2) is 26.3 Å². The van der Waals surface area contributed by atoms with Crippen LogP contribution in [0.1, 0.15) is 45.2 Å². The molecule has 4 aromatic rings. The molecule has 17 nitrogen and oxygen atoms in total. The Labute approximate surface area is 460 Å². The number of hydrogen-bond acceptors (Lipinski definition) is 13. The lowest BCUT2D eigenvalue weighted by molar-refractivity contribution is -0.131. The molecular weight excluding hydrogens is 1110 g/mol. The van der Waals surface area contributed by atoms with E-state index >= 15 is 0 Å². The summed E-state index contributed by atoms with van der Waals surface area (Å²) >= 11 is 25.6. The Bertz CT molecular complexity index is 2460. The summed E-state index contributed by atoms with van der Waals surface area (Å²) in [6, 6.07) is 20.9. The van der Waals surface area contributed by atoms with E-state index in [-0.39, 0.29) is 139 Å². The van der Waals surface area contributed by atoms with Crippen LogP contribution in [0.15, 0.2) is 82.6 Å².